The first-order valence-corrected chi connectivity index (χ1v) is 7.86. The number of hydrogen-bond donors (Lipinski definition) is 1. The van der Waals surface area contributed by atoms with E-state index in [2.05, 4.69) is 5.32 Å². The fourth-order valence-electron chi connectivity index (χ4n) is 2.50. The van der Waals surface area contributed by atoms with Crippen LogP contribution in [-0.2, 0) is 14.3 Å². The Balaban J connectivity index is 1.84. The molecule has 1 aliphatic rings. The zero-order valence-electron chi connectivity index (χ0n) is 12.5. The van der Waals surface area contributed by atoms with Crippen molar-refractivity contribution in [3.05, 3.63) is 34.9 Å². The second-order valence-electron chi connectivity index (χ2n) is 5.17. The van der Waals surface area contributed by atoms with Gasteiger partial charge in [0.2, 0.25) is 0 Å². The van der Waals surface area contributed by atoms with Gasteiger partial charge in [0, 0.05) is 11.4 Å². The molecule has 1 aromatic carbocycles. The lowest BCUT2D eigenvalue weighted by Gasteiger charge is -2.17. The Morgan fingerprint density at radius 3 is 2.73 bits per heavy atom. The van der Waals surface area contributed by atoms with E-state index in [4.69, 9.17) is 21.1 Å². The van der Waals surface area contributed by atoms with Gasteiger partial charge in [-0.2, -0.15) is 0 Å². The molecule has 0 bridgehead atoms. The van der Waals surface area contributed by atoms with Gasteiger partial charge in [-0.1, -0.05) is 23.7 Å². The molecule has 22 heavy (non-hydrogen) atoms. The summed E-state index contributed by atoms with van der Waals surface area (Å²) in [5, 5.41) is 3.47. The molecule has 0 spiro atoms. The van der Waals surface area contributed by atoms with Crippen LogP contribution >= 0.6 is 11.6 Å². The molecule has 5 nitrogen and oxygen atoms in total. The molecule has 0 aliphatic carbocycles. The highest BCUT2D eigenvalue weighted by Crippen LogP contribution is 2.29. The molecular formula is C16H20ClNO4. The predicted octanol–water partition coefficient (Wildman–Crippen LogP) is 3.61. The highest BCUT2D eigenvalue weighted by molar-refractivity contribution is 6.30. The number of hydrogen-bond acceptors (Lipinski definition) is 4. The minimum atomic E-state index is -0.407. The van der Waals surface area contributed by atoms with E-state index in [9.17, 15) is 9.59 Å². The lowest BCUT2D eigenvalue weighted by molar-refractivity contribution is -0.143. The maximum atomic E-state index is 11.5. The summed E-state index contributed by atoms with van der Waals surface area (Å²) in [6.07, 6.45) is 1.98. The Morgan fingerprint density at radius 1 is 1.32 bits per heavy atom. The van der Waals surface area contributed by atoms with Crippen LogP contribution in [0.15, 0.2) is 24.3 Å². The number of ether oxygens (including phenoxy) is 2. The molecule has 2 rings (SSSR count). The molecule has 1 fully saturated rings. The van der Waals surface area contributed by atoms with Gasteiger partial charge in [-0.25, -0.2) is 4.79 Å². The third-order valence-corrected chi connectivity index (χ3v) is 3.81. The molecule has 2 unspecified atom stereocenters. The number of alkyl carbamates (subject to hydrolysis) is 1. The van der Waals surface area contributed by atoms with Crippen molar-refractivity contribution in [3.63, 3.8) is 0 Å². The molecule has 1 aromatic rings. The van der Waals surface area contributed by atoms with E-state index in [1.807, 2.05) is 12.1 Å². The summed E-state index contributed by atoms with van der Waals surface area (Å²) in [5.74, 6) is -0.182. The number of amides is 1. The summed E-state index contributed by atoms with van der Waals surface area (Å²) in [6, 6.07) is 7.17. The Hall–Kier alpha value is -1.75. The van der Waals surface area contributed by atoms with Gasteiger partial charge < -0.3 is 14.8 Å². The number of benzene rings is 1. The SMILES string of the molecule is CCOC(=O)CCCCC1OC(=O)NC1c1ccc(Cl)cc1. The van der Waals surface area contributed by atoms with Crippen molar-refractivity contribution in [2.75, 3.05) is 6.61 Å². The molecule has 0 saturated carbocycles. The molecule has 120 valence electrons. The first-order valence-electron chi connectivity index (χ1n) is 7.48. The number of halogens is 1. The number of nitrogens with one attached hydrogen (secondary N) is 1. The van der Waals surface area contributed by atoms with E-state index in [1.54, 1.807) is 19.1 Å². The van der Waals surface area contributed by atoms with Crippen molar-refractivity contribution in [2.45, 2.75) is 44.8 Å². The molecule has 1 aliphatic heterocycles. The third-order valence-electron chi connectivity index (χ3n) is 3.56. The van der Waals surface area contributed by atoms with Gasteiger partial charge >= 0.3 is 12.1 Å². The maximum absolute atomic E-state index is 11.5. The summed E-state index contributed by atoms with van der Waals surface area (Å²) in [6.45, 7) is 2.19. The second-order valence-corrected chi connectivity index (χ2v) is 5.60. The summed E-state index contributed by atoms with van der Waals surface area (Å²) < 4.78 is 10.2. The normalized spacial score (nSPS) is 20.4. The van der Waals surface area contributed by atoms with Crippen LogP contribution in [0.3, 0.4) is 0 Å². The summed E-state index contributed by atoms with van der Waals surface area (Å²) in [7, 11) is 0. The Labute approximate surface area is 134 Å². The quantitative estimate of drug-likeness (QED) is 0.614. The van der Waals surface area contributed by atoms with Gasteiger partial charge in [0.1, 0.15) is 6.10 Å². The zero-order valence-corrected chi connectivity index (χ0v) is 13.3. The average Bonchev–Trinajstić information content (AvgIpc) is 2.86. The molecule has 1 amide bonds. The molecule has 0 aromatic heterocycles. The van der Waals surface area contributed by atoms with Gasteiger partial charge in [0.25, 0.3) is 0 Å². The number of carbonyl (C=O) groups excluding carboxylic acids is 2. The van der Waals surface area contributed by atoms with Gasteiger partial charge in [0.15, 0.2) is 0 Å². The van der Waals surface area contributed by atoms with Crippen LogP contribution in [0, 0.1) is 0 Å². The largest absolute Gasteiger partial charge is 0.466 e. The number of carbonyl (C=O) groups is 2. The third kappa shape index (κ3) is 4.63. The molecule has 1 heterocycles. The van der Waals surface area contributed by atoms with Crippen LogP contribution in [0.4, 0.5) is 4.79 Å². The first kappa shape index (κ1) is 16.6. The zero-order chi connectivity index (χ0) is 15.9. The van der Waals surface area contributed by atoms with E-state index in [-0.39, 0.29) is 18.1 Å². The number of rotatable bonds is 7. The molecule has 1 N–H and O–H groups in total. The predicted molar refractivity (Wildman–Crippen MR) is 82.7 cm³/mol. The topological polar surface area (TPSA) is 64.6 Å². The Morgan fingerprint density at radius 2 is 2.05 bits per heavy atom. The minimum Gasteiger partial charge on any atom is -0.466 e. The molecule has 6 heteroatoms. The Bertz CT molecular complexity index is 517. The van der Waals surface area contributed by atoms with E-state index >= 15 is 0 Å². The average molecular weight is 326 g/mol. The standard InChI is InChI=1S/C16H20ClNO4/c1-2-21-14(19)6-4-3-5-13-15(18-16(20)22-13)11-7-9-12(17)10-8-11/h7-10,13,15H,2-6H2,1H3,(H,18,20). The smallest absolute Gasteiger partial charge is 0.408 e. The minimum absolute atomic E-state index is 0.174. The van der Waals surface area contributed by atoms with E-state index in [1.165, 1.54) is 0 Å². The van der Waals surface area contributed by atoms with Gasteiger partial charge in [-0.3, -0.25) is 4.79 Å². The molecule has 1 saturated heterocycles. The lowest BCUT2D eigenvalue weighted by atomic mass is 9.98. The fraction of sp³-hybridized carbons (Fsp3) is 0.500. The Kier molecular flexibility index (Phi) is 6.07. The van der Waals surface area contributed by atoms with Gasteiger partial charge in [-0.15, -0.1) is 0 Å². The van der Waals surface area contributed by atoms with Crippen LogP contribution in [0.5, 0.6) is 0 Å². The highest BCUT2D eigenvalue weighted by Gasteiger charge is 2.34. The summed E-state index contributed by atoms with van der Waals surface area (Å²) in [4.78, 5) is 22.8. The van der Waals surface area contributed by atoms with Crippen LogP contribution in [-0.4, -0.2) is 24.8 Å². The van der Waals surface area contributed by atoms with Crippen LogP contribution in [0.2, 0.25) is 5.02 Å². The molecular weight excluding hydrogens is 306 g/mol. The summed E-state index contributed by atoms with van der Waals surface area (Å²) >= 11 is 5.88. The van der Waals surface area contributed by atoms with Crippen LogP contribution in [0.25, 0.3) is 0 Å². The van der Waals surface area contributed by atoms with Crippen molar-refractivity contribution < 1.29 is 19.1 Å². The lowest BCUT2D eigenvalue weighted by Crippen LogP contribution is -2.22. The molecule has 0 radical (unpaired) electrons. The van der Waals surface area contributed by atoms with Crippen molar-refractivity contribution >= 4 is 23.7 Å². The van der Waals surface area contributed by atoms with Crippen molar-refractivity contribution in [1.29, 1.82) is 0 Å². The van der Waals surface area contributed by atoms with E-state index in [0.717, 1.165) is 18.4 Å². The van der Waals surface area contributed by atoms with Gasteiger partial charge in [0.05, 0.1) is 12.6 Å². The fourth-order valence-corrected chi connectivity index (χ4v) is 2.63. The maximum Gasteiger partial charge on any atom is 0.408 e. The van der Waals surface area contributed by atoms with Crippen LogP contribution < -0.4 is 5.32 Å². The number of esters is 1. The monoisotopic (exact) mass is 325 g/mol. The summed E-state index contributed by atoms with van der Waals surface area (Å²) in [5.41, 5.74) is 0.964. The van der Waals surface area contributed by atoms with Gasteiger partial charge in [-0.05, 0) is 43.9 Å². The second kappa shape index (κ2) is 8.03. The molecule has 2 atom stereocenters. The van der Waals surface area contributed by atoms with Crippen LogP contribution in [0.1, 0.15) is 44.2 Å². The van der Waals surface area contributed by atoms with Crippen molar-refractivity contribution in [1.82, 2.24) is 5.32 Å². The van der Waals surface area contributed by atoms with Crippen molar-refractivity contribution in [2.24, 2.45) is 0 Å². The van der Waals surface area contributed by atoms with E-state index in [0.29, 0.717) is 24.5 Å². The number of unbranched alkanes of at least 4 members (excludes halogenated alkanes) is 1. The van der Waals surface area contributed by atoms with Crippen molar-refractivity contribution in [3.8, 4) is 0 Å². The first-order chi connectivity index (χ1) is 10.6. The number of cyclic esters (lactones) is 1. The van der Waals surface area contributed by atoms with E-state index < -0.39 is 6.09 Å². The highest BCUT2D eigenvalue weighted by atomic mass is 35.5.